The maximum absolute atomic E-state index is 12.9. The van der Waals surface area contributed by atoms with Crippen molar-refractivity contribution in [3.05, 3.63) is 61.6 Å². The Kier molecular flexibility index (Phi) is 6.22. The average molecular weight is 416 g/mol. The molecule has 0 fully saturated rings. The first-order valence-electron chi connectivity index (χ1n) is 9.47. The van der Waals surface area contributed by atoms with Gasteiger partial charge in [0.1, 0.15) is 10.2 Å². The zero-order valence-corrected chi connectivity index (χ0v) is 17.7. The SMILES string of the molecule is CCOC(=O)Oc1c(Cc2ccccc2)sc2c1c(=O)n(C)c(=O)n2CC(C)C. The number of benzene rings is 1. The lowest BCUT2D eigenvalue weighted by atomic mass is 10.1. The van der Waals surface area contributed by atoms with Crippen molar-refractivity contribution in [2.75, 3.05) is 6.61 Å². The number of carbonyl (C=O) groups excluding carboxylic acids is 1. The van der Waals surface area contributed by atoms with Crippen LogP contribution >= 0.6 is 11.3 Å². The van der Waals surface area contributed by atoms with E-state index in [1.54, 1.807) is 11.5 Å². The molecule has 0 spiro atoms. The van der Waals surface area contributed by atoms with E-state index in [9.17, 15) is 14.4 Å². The Bertz CT molecular complexity index is 1140. The molecule has 0 bridgehead atoms. The van der Waals surface area contributed by atoms with E-state index < -0.39 is 11.7 Å². The summed E-state index contributed by atoms with van der Waals surface area (Å²) in [5.74, 6) is 0.368. The topological polar surface area (TPSA) is 79.5 Å². The van der Waals surface area contributed by atoms with Gasteiger partial charge in [0.2, 0.25) is 0 Å². The van der Waals surface area contributed by atoms with Gasteiger partial charge in [-0.2, -0.15) is 0 Å². The molecule has 8 heteroatoms. The minimum absolute atomic E-state index is 0.158. The van der Waals surface area contributed by atoms with E-state index in [-0.39, 0.29) is 29.4 Å². The van der Waals surface area contributed by atoms with Gasteiger partial charge < -0.3 is 9.47 Å². The molecule has 0 aliphatic heterocycles. The van der Waals surface area contributed by atoms with E-state index in [1.807, 2.05) is 44.2 Å². The molecule has 2 heterocycles. The van der Waals surface area contributed by atoms with Crippen molar-refractivity contribution in [1.29, 1.82) is 0 Å². The number of rotatable bonds is 6. The van der Waals surface area contributed by atoms with Crippen LogP contribution in [0.5, 0.6) is 5.75 Å². The van der Waals surface area contributed by atoms with E-state index in [0.29, 0.717) is 22.7 Å². The zero-order chi connectivity index (χ0) is 21.1. The number of aromatic nitrogens is 2. The van der Waals surface area contributed by atoms with E-state index >= 15 is 0 Å². The van der Waals surface area contributed by atoms with Gasteiger partial charge in [-0.15, -0.1) is 11.3 Å². The van der Waals surface area contributed by atoms with E-state index in [4.69, 9.17) is 9.47 Å². The van der Waals surface area contributed by atoms with Crippen molar-refractivity contribution in [1.82, 2.24) is 9.13 Å². The second kappa shape index (κ2) is 8.65. The van der Waals surface area contributed by atoms with Crippen LogP contribution in [-0.2, 0) is 24.8 Å². The Morgan fingerprint density at radius 3 is 2.48 bits per heavy atom. The van der Waals surface area contributed by atoms with Crippen molar-refractivity contribution < 1.29 is 14.3 Å². The molecule has 0 radical (unpaired) electrons. The Morgan fingerprint density at radius 2 is 1.86 bits per heavy atom. The van der Waals surface area contributed by atoms with Gasteiger partial charge in [-0.3, -0.25) is 13.9 Å². The first kappa shape index (κ1) is 20.9. The van der Waals surface area contributed by atoms with Crippen molar-refractivity contribution in [2.45, 2.75) is 33.7 Å². The highest BCUT2D eigenvalue weighted by molar-refractivity contribution is 7.19. The highest BCUT2D eigenvalue weighted by Gasteiger charge is 2.25. The monoisotopic (exact) mass is 416 g/mol. The summed E-state index contributed by atoms with van der Waals surface area (Å²) in [6.07, 6.45) is -0.404. The predicted octanol–water partition coefficient (Wildman–Crippen LogP) is 3.54. The van der Waals surface area contributed by atoms with E-state index in [2.05, 4.69) is 0 Å². The minimum Gasteiger partial charge on any atom is -0.434 e. The van der Waals surface area contributed by atoms with Crippen LogP contribution in [0.3, 0.4) is 0 Å². The molecule has 3 rings (SSSR count). The fraction of sp³-hybridized carbons (Fsp3) is 0.381. The third-order valence-electron chi connectivity index (χ3n) is 4.40. The Balaban J connectivity index is 2.27. The Morgan fingerprint density at radius 1 is 1.17 bits per heavy atom. The summed E-state index contributed by atoms with van der Waals surface area (Å²) >= 11 is 1.30. The number of hydrogen-bond donors (Lipinski definition) is 0. The summed E-state index contributed by atoms with van der Waals surface area (Å²) in [5.41, 5.74) is 0.133. The third kappa shape index (κ3) is 4.27. The third-order valence-corrected chi connectivity index (χ3v) is 5.59. The molecular formula is C21H24N2O5S. The standard InChI is InChI=1S/C21H24N2O5S/c1-5-27-21(26)28-17-15(11-14-9-7-6-8-10-14)29-19-16(17)18(24)22(4)20(25)23(19)12-13(2)3/h6-10,13H,5,11-12H2,1-4H3. The van der Waals surface area contributed by atoms with Gasteiger partial charge in [0.15, 0.2) is 5.75 Å². The molecule has 2 aromatic heterocycles. The maximum atomic E-state index is 12.9. The zero-order valence-electron chi connectivity index (χ0n) is 16.9. The molecule has 0 saturated carbocycles. The predicted molar refractivity (Wildman–Crippen MR) is 113 cm³/mol. The molecule has 0 aliphatic rings. The van der Waals surface area contributed by atoms with Crippen LogP contribution in [0.15, 0.2) is 39.9 Å². The molecule has 0 saturated heterocycles. The number of carbonyl (C=O) groups is 1. The van der Waals surface area contributed by atoms with Gasteiger partial charge in [0.05, 0.1) is 11.5 Å². The Labute approximate surface area is 172 Å². The molecule has 0 atom stereocenters. The lowest BCUT2D eigenvalue weighted by molar-refractivity contribution is 0.104. The molecule has 29 heavy (non-hydrogen) atoms. The largest absolute Gasteiger partial charge is 0.513 e. The lowest BCUT2D eigenvalue weighted by Crippen LogP contribution is -2.38. The molecule has 7 nitrogen and oxygen atoms in total. The molecule has 0 unspecified atom stereocenters. The van der Waals surface area contributed by atoms with Gasteiger partial charge >= 0.3 is 11.8 Å². The summed E-state index contributed by atoms with van der Waals surface area (Å²) < 4.78 is 13.0. The highest BCUT2D eigenvalue weighted by atomic mass is 32.1. The average Bonchev–Trinajstić information content (AvgIpc) is 3.02. The summed E-state index contributed by atoms with van der Waals surface area (Å²) in [6, 6.07) is 9.67. The van der Waals surface area contributed by atoms with Gasteiger partial charge in [-0.1, -0.05) is 44.2 Å². The summed E-state index contributed by atoms with van der Waals surface area (Å²) in [5, 5.41) is 0.233. The fourth-order valence-corrected chi connectivity index (χ4v) is 4.37. The first-order valence-corrected chi connectivity index (χ1v) is 10.3. The van der Waals surface area contributed by atoms with Crippen LogP contribution in [0.2, 0.25) is 0 Å². The van der Waals surface area contributed by atoms with Crippen LogP contribution in [-0.4, -0.2) is 21.9 Å². The molecule has 0 N–H and O–H groups in total. The van der Waals surface area contributed by atoms with Crippen molar-refractivity contribution in [3.8, 4) is 5.75 Å². The Hall–Kier alpha value is -2.87. The van der Waals surface area contributed by atoms with Gasteiger partial charge in [-0.25, -0.2) is 9.59 Å². The van der Waals surface area contributed by atoms with Crippen LogP contribution in [0.4, 0.5) is 4.79 Å². The fourth-order valence-electron chi connectivity index (χ4n) is 3.11. The molecular weight excluding hydrogens is 392 g/mol. The lowest BCUT2D eigenvalue weighted by Gasteiger charge is -2.11. The van der Waals surface area contributed by atoms with Gasteiger partial charge in [0.25, 0.3) is 5.56 Å². The summed E-state index contributed by atoms with van der Waals surface area (Å²) in [7, 11) is 1.43. The number of hydrogen-bond acceptors (Lipinski definition) is 6. The second-order valence-electron chi connectivity index (χ2n) is 7.13. The van der Waals surface area contributed by atoms with Gasteiger partial charge in [0, 0.05) is 20.0 Å². The van der Waals surface area contributed by atoms with Crippen LogP contribution in [0.25, 0.3) is 10.2 Å². The molecule has 0 amide bonds. The number of thiophene rings is 1. The number of fused-ring (bicyclic) bond motifs is 1. The van der Waals surface area contributed by atoms with E-state index in [0.717, 1.165) is 10.1 Å². The quantitative estimate of drug-likeness (QED) is 0.574. The summed E-state index contributed by atoms with van der Waals surface area (Å²) in [4.78, 5) is 39.0. The maximum Gasteiger partial charge on any atom is 0.513 e. The highest BCUT2D eigenvalue weighted by Crippen LogP contribution is 2.37. The second-order valence-corrected chi connectivity index (χ2v) is 8.22. The van der Waals surface area contributed by atoms with Gasteiger partial charge in [-0.05, 0) is 18.4 Å². The van der Waals surface area contributed by atoms with Crippen molar-refractivity contribution >= 4 is 27.7 Å². The smallest absolute Gasteiger partial charge is 0.434 e. The van der Waals surface area contributed by atoms with Crippen molar-refractivity contribution in [3.63, 3.8) is 0 Å². The molecule has 1 aromatic carbocycles. The summed E-state index contributed by atoms with van der Waals surface area (Å²) in [6.45, 7) is 6.28. The molecule has 3 aromatic rings. The molecule has 0 aliphatic carbocycles. The van der Waals surface area contributed by atoms with Crippen LogP contribution in [0.1, 0.15) is 31.2 Å². The molecule has 154 valence electrons. The first-order chi connectivity index (χ1) is 13.8. The minimum atomic E-state index is -0.870. The van der Waals surface area contributed by atoms with E-state index in [1.165, 1.54) is 18.4 Å². The van der Waals surface area contributed by atoms with Crippen molar-refractivity contribution in [2.24, 2.45) is 13.0 Å². The number of ether oxygens (including phenoxy) is 2. The normalized spacial score (nSPS) is 11.2. The van der Waals surface area contributed by atoms with Crippen LogP contribution < -0.4 is 16.0 Å². The van der Waals surface area contributed by atoms with Crippen LogP contribution in [0, 0.1) is 5.92 Å². The number of nitrogens with zero attached hydrogens (tertiary/aromatic N) is 2.